The molecule has 3 rings (SSSR count). The molecule has 0 N–H and O–H groups in total. The van der Waals surface area contributed by atoms with Crippen LogP contribution in [0.3, 0.4) is 0 Å². The second kappa shape index (κ2) is 4.98. The summed E-state index contributed by atoms with van der Waals surface area (Å²) in [7, 11) is 0. The number of fused-ring (bicyclic) bond motifs is 2. The number of hydrogen-bond acceptors (Lipinski definition) is 4. The van der Waals surface area contributed by atoms with Gasteiger partial charge in [-0.2, -0.15) is 10.5 Å². The molecule has 4 nitrogen and oxygen atoms in total. The molecular formula is C16H15N3O. The number of rotatable bonds is 1. The zero-order valence-electron chi connectivity index (χ0n) is 11.2. The van der Waals surface area contributed by atoms with Gasteiger partial charge in [0.2, 0.25) is 0 Å². The molecular weight excluding hydrogens is 250 g/mol. The molecule has 2 atom stereocenters. The van der Waals surface area contributed by atoms with E-state index in [0.717, 1.165) is 18.5 Å². The summed E-state index contributed by atoms with van der Waals surface area (Å²) in [5.41, 5.74) is 1.80. The van der Waals surface area contributed by atoms with Gasteiger partial charge < -0.3 is 4.90 Å². The monoisotopic (exact) mass is 265 g/mol. The van der Waals surface area contributed by atoms with Crippen molar-refractivity contribution in [1.29, 1.82) is 10.5 Å². The largest absolute Gasteiger partial charge is 0.365 e. The van der Waals surface area contributed by atoms with E-state index < -0.39 is 0 Å². The topological polar surface area (TPSA) is 67.9 Å². The van der Waals surface area contributed by atoms with Crippen LogP contribution in [0.15, 0.2) is 18.2 Å². The van der Waals surface area contributed by atoms with Crippen LogP contribution in [0.4, 0.5) is 5.69 Å². The van der Waals surface area contributed by atoms with E-state index in [0.29, 0.717) is 29.8 Å². The molecule has 4 heteroatoms. The van der Waals surface area contributed by atoms with Crippen LogP contribution in [0, 0.1) is 22.7 Å². The summed E-state index contributed by atoms with van der Waals surface area (Å²) in [6, 6.07) is 10.0. The number of ketones is 1. The highest BCUT2D eigenvalue weighted by atomic mass is 16.1. The van der Waals surface area contributed by atoms with Gasteiger partial charge in [-0.15, -0.1) is 0 Å². The highest BCUT2D eigenvalue weighted by Gasteiger charge is 2.37. The summed E-state index contributed by atoms with van der Waals surface area (Å²) in [6.07, 6.45) is 4.45. The maximum absolute atomic E-state index is 11.8. The van der Waals surface area contributed by atoms with E-state index in [1.807, 2.05) is 12.1 Å². The fraction of sp³-hybridized carbons (Fsp3) is 0.438. The van der Waals surface area contributed by atoms with Crippen molar-refractivity contribution in [1.82, 2.24) is 0 Å². The van der Waals surface area contributed by atoms with Crippen LogP contribution in [-0.4, -0.2) is 17.9 Å². The van der Waals surface area contributed by atoms with Crippen LogP contribution in [0.1, 0.15) is 43.2 Å². The summed E-state index contributed by atoms with van der Waals surface area (Å²) in [5, 5.41) is 18.1. The molecule has 0 amide bonds. The molecule has 2 heterocycles. The molecule has 0 aliphatic carbocycles. The molecule has 0 spiro atoms. The number of carbonyl (C=O) groups is 1. The zero-order chi connectivity index (χ0) is 14.1. The van der Waals surface area contributed by atoms with E-state index >= 15 is 0 Å². The molecule has 0 radical (unpaired) electrons. The Morgan fingerprint density at radius 3 is 2.30 bits per heavy atom. The number of benzene rings is 1. The molecule has 0 aromatic heterocycles. The van der Waals surface area contributed by atoms with Gasteiger partial charge in [0.15, 0.2) is 0 Å². The minimum absolute atomic E-state index is 0.259. The van der Waals surface area contributed by atoms with Crippen molar-refractivity contribution in [3.8, 4) is 12.1 Å². The van der Waals surface area contributed by atoms with Crippen LogP contribution in [0.5, 0.6) is 0 Å². The Labute approximate surface area is 118 Å². The predicted molar refractivity (Wildman–Crippen MR) is 74.0 cm³/mol. The van der Waals surface area contributed by atoms with Crippen LogP contribution >= 0.6 is 0 Å². The van der Waals surface area contributed by atoms with Gasteiger partial charge in [0.1, 0.15) is 17.9 Å². The van der Waals surface area contributed by atoms with Gasteiger partial charge in [0, 0.05) is 30.6 Å². The lowest BCUT2D eigenvalue weighted by Gasteiger charge is -2.47. The van der Waals surface area contributed by atoms with E-state index in [-0.39, 0.29) is 12.1 Å². The Morgan fingerprint density at radius 1 is 1.05 bits per heavy atom. The van der Waals surface area contributed by atoms with Crippen LogP contribution in [0.25, 0.3) is 0 Å². The molecule has 2 bridgehead atoms. The third-order valence-electron chi connectivity index (χ3n) is 4.33. The summed E-state index contributed by atoms with van der Waals surface area (Å²) >= 11 is 0. The van der Waals surface area contributed by atoms with Gasteiger partial charge in [-0.25, -0.2) is 0 Å². The van der Waals surface area contributed by atoms with Gasteiger partial charge in [-0.3, -0.25) is 4.79 Å². The van der Waals surface area contributed by atoms with Crippen molar-refractivity contribution in [2.24, 2.45) is 0 Å². The maximum Gasteiger partial charge on any atom is 0.137 e. The lowest BCUT2D eigenvalue weighted by atomic mass is 9.83. The average molecular weight is 265 g/mol. The first-order valence-corrected chi connectivity index (χ1v) is 6.97. The molecule has 2 unspecified atom stereocenters. The van der Waals surface area contributed by atoms with Crippen molar-refractivity contribution >= 4 is 11.5 Å². The van der Waals surface area contributed by atoms with Crippen LogP contribution in [-0.2, 0) is 4.79 Å². The predicted octanol–water partition coefficient (Wildman–Crippen LogP) is 2.52. The Bertz CT molecular complexity index is 622. The SMILES string of the molecule is N#Cc1ccc(N2C3CCCC2CC(=O)C3)cc1C#N. The number of nitrogens with zero attached hydrogens (tertiary/aromatic N) is 3. The number of hydrogen-bond donors (Lipinski definition) is 0. The minimum Gasteiger partial charge on any atom is -0.365 e. The number of nitriles is 2. The van der Waals surface area contributed by atoms with Crippen molar-refractivity contribution in [2.45, 2.75) is 44.2 Å². The molecule has 0 saturated carbocycles. The molecule has 2 fully saturated rings. The van der Waals surface area contributed by atoms with Gasteiger partial charge in [0.25, 0.3) is 0 Å². The first-order chi connectivity index (χ1) is 9.72. The zero-order valence-corrected chi connectivity index (χ0v) is 11.2. The lowest BCUT2D eigenvalue weighted by Crippen LogP contribution is -2.52. The Kier molecular flexibility index (Phi) is 3.16. The molecule has 2 aliphatic heterocycles. The van der Waals surface area contributed by atoms with Crippen molar-refractivity contribution in [3.05, 3.63) is 29.3 Å². The second-order valence-electron chi connectivity index (χ2n) is 5.55. The smallest absolute Gasteiger partial charge is 0.137 e. The summed E-state index contributed by atoms with van der Waals surface area (Å²) in [5.74, 6) is 0.352. The number of Topliss-reactive ketones (excluding diaryl/α,β-unsaturated/α-hetero) is 1. The van der Waals surface area contributed by atoms with E-state index in [4.69, 9.17) is 10.5 Å². The number of anilines is 1. The van der Waals surface area contributed by atoms with E-state index in [1.165, 1.54) is 6.42 Å². The van der Waals surface area contributed by atoms with E-state index in [9.17, 15) is 4.79 Å². The average Bonchev–Trinajstić information content (AvgIpc) is 2.45. The highest BCUT2D eigenvalue weighted by molar-refractivity contribution is 5.83. The van der Waals surface area contributed by atoms with Gasteiger partial charge >= 0.3 is 0 Å². The van der Waals surface area contributed by atoms with E-state index in [1.54, 1.807) is 12.1 Å². The second-order valence-corrected chi connectivity index (χ2v) is 5.55. The molecule has 1 aromatic rings. The molecule has 2 aliphatic rings. The van der Waals surface area contributed by atoms with Gasteiger partial charge in [-0.05, 0) is 37.5 Å². The Morgan fingerprint density at radius 2 is 1.70 bits per heavy atom. The minimum atomic E-state index is 0.259. The first-order valence-electron chi connectivity index (χ1n) is 6.97. The summed E-state index contributed by atoms with van der Waals surface area (Å²) in [6.45, 7) is 0. The maximum atomic E-state index is 11.8. The van der Waals surface area contributed by atoms with Crippen LogP contribution < -0.4 is 4.90 Å². The number of piperidine rings is 2. The summed E-state index contributed by atoms with van der Waals surface area (Å²) < 4.78 is 0. The quantitative estimate of drug-likeness (QED) is 0.782. The summed E-state index contributed by atoms with van der Waals surface area (Å²) in [4.78, 5) is 14.1. The first kappa shape index (κ1) is 12.7. The van der Waals surface area contributed by atoms with Crippen LogP contribution in [0.2, 0.25) is 0 Å². The molecule has 1 aromatic carbocycles. The van der Waals surface area contributed by atoms with Crippen molar-refractivity contribution in [3.63, 3.8) is 0 Å². The van der Waals surface area contributed by atoms with Crippen molar-refractivity contribution in [2.75, 3.05) is 4.90 Å². The normalized spacial score (nSPS) is 24.9. The standard InChI is InChI=1S/C16H15N3O/c17-9-11-4-5-15(6-12(11)10-18)19-13-2-1-3-14(19)8-16(20)7-13/h4-6,13-14H,1-3,7-8H2. The third kappa shape index (κ3) is 2.04. The highest BCUT2D eigenvalue weighted by Crippen LogP contribution is 2.36. The fourth-order valence-corrected chi connectivity index (χ4v) is 3.48. The number of carbonyl (C=O) groups excluding carboxylic acids is 1. The third-order valence-corrected chi connectivity index (χ3v) is 4.33. The molecule has 20 heavy (non-hydrogen) atoms. The van der Waals surface area contributed by atoms with Crippen molar-refractivity contribution < 1.29 is 4.79 Å². The lowest BCUT2D eigenvalue weighted by molar-refractivity contribution is -0.121. The fourth-order valence-electron chi connectivity index (χ4n) is 3.48. The Balaban J connectivity index is 1.99. The molecule has 2 saturated heterocycles. The Hall–Kier alpha value is -2.33. The van der Waals surface area contributed by atoms with Gasteiger partial charge in [-0.1, -0.05) is 0 Å². The van der Waals surface area contributed by atoms with Gasteiger partial charge in [0.05, 0.1) is 11.1 Å². The molecule has 100 valence electrons. The van der Waals surface area contributed by atoms with E-state index in [2.05, 4.69) is 11.0 Å².